The molecule has 2 heterocycles. The minimum Gasteiger partial charge on any atom is -0.480 e. The molecule has 0 saturated carbocycles. The fourth-order valence-electron chi connectivity index (χ4n) is 3.11. The normalized spacial score (nSPS) is 16.5. The summed E-state index contributed by atoms with van der Waals surface area (Å²) in [5.74, 6) is 0.478. The van der Waals surface area contributed by atoms with Gasteiger partial charge in [0.15, 0.2) is 18.0 Å². The summed E-state index contributed by atoms with van der Waals surface area (Å²) in [5, 5.41) is 0.993. The van der Waals surface area contributed by atoms with Crippen LogP contribution in [0.4, 0.5) is 0 Å². The van der Waals surface area contributed by atoms with Crippen LogP contribution in [-0.2, 0) is 4.79 Å². The van der Waals surface area contributed by atoms with Crippen molar-refractivity contribution >= 4 is 33.9 Å². The largest absolute Gasteiger partial charge is 0.480 e. The van der Waals surface area contributed by atoms with Crippen LogP contribution in [0, 0.1) is 6.92 Å². The first-order valence-corrected chi connectivity index (χ1v) is 8.12. The minimum atomic E-state index is -0.604. The number of fused-ring (bicyclic) bond motifs is 3. The quantitative estimate of drug-likeness (QED) is 0.507. The molecule has 0 spiro atoms. The van der Waals surface area contributed by atoms with E-state index < -0.39 is 11.7 Å². The number of aryl methyl sites for hydroxylation is 1. The second kappa shape index (κ2) is 5.90. The Labute approximate surface area is 148 Å². The van der Waals surface area contributed by atoms with Crippen molar-refractivity contribution < 1.29 is 13.9 Å². The molecular formula is C20H13ClO4. The number of ether oxygens (including phenoxy) is 1. The van der Waals surface area contributed by atoms with Crippen LogP contribution in [0.1, 0.15) is 22.8 Å². The highest BCUT2D eigenvalue weighted by molar-refractivity contribution is 6.52. The van der Waals surface area contributed by atoms with E-state index in [2.05, 4.69) is 0 Å². The van der Waals surface area contributed by atoms with E-state index in [1.54, 1.807) is 6.07 Å². The van der Waals surface area contributed by atoms with Gasteiger partial charge >= 0.3 is 5.63 Å². The van der Waals surface area contributed by atoms with E-state index in [-0.39, 0.29) is 5.03 Å². The molecule has 0 fully saturated rings. The number of hydrogen-bond acceptors (Lipinski definition) is 4. The standard InChI is InChI=1S/C20H13ClO4/c1-11-9-16(23)25-20-13(11)7-8-15-17(20)18(21)14(10-22)19(24-15)12-5-3-2-4-6-12/h2-10,19H,1H3. The van der Waals surface area contributed by atoms with Crippen LogP contribution < -0.4 is 10.4 Å². The highest BCUT2D eigenvalue weighted by Gasteiger charge is 2.31. The van der Waals surface area contributed by atoms with Crippen molar-refractivity contribution in [2.24, 2.45) is 0 Å². The molecular weight excluding hydrogens is 340 g/mol. The van der Waals surface area contributed by atoms with Crippen molar-refractivity contribution in [3.8, 4) is 5.75 Å². The zero-order chi connectivity index (χ0) is 17.6. The van der Waals surface area contributed by atoms with E-state index in [0.717, 1.165) is 16.5 Å². The van der Waals surface area contributed by atoms with Crippen molar-refractivity contribution in [1.82, 2.24) is 0 Å². The molecule has 0 saturated heterocycles. The Balaban J connectivity index is 2.02. The molecule has 1 aromatic heterocycles. The van der Waals surface area contributed by atoms with E-state index in [9.17, 15) is 9.59 Å². The van der Waals surface area contributed by atoms with Crippen molar-refractivity contribution in [3.05, 3.63) is 81.2 Å². The number of aldehydes is 1. The number of rotatable bonds is 2. The smallest absolute Gasteiger partial charge is 0.336 e. The van der Waals surface area contributed by atoms with Gasteiger partial charge in [-0.2, -0.15) is 0 Å². The van der Waals surface area contributed by atoms with Gasteiger partial charge in [0, 0.05) is 11.5 Å². The Morgan fingerprint density at radius 1 is 1.12 bits per heavy atom. The maximum Gasteiger partial charge on any atom is 0.336 e. The van der Waals surface area contributed by atoms with Gasteiger partial charge in [0.2, 0.25) is 0 Å². The van der Waals surface area contributed by atoms with Gasteiger partial charge in [-0.15, -0.1) is 0 Å². The molecule has 4 nitrogen and oxygen atoms in total. The molecule has 3 aromatic rings. The average molecular weight is 353 g/mol. The third kappa shape index (κ3) is 2.46. The van der Waals surface area contributed by atoms with Crippen molar-refractivity contribution in [3.63, 3.8) is 0 Å². The monoisotopic (exact) mass is 352 g/mol. The SMILES string of the molecule is Cc1cc(=O)oc2c3c(ccc12)OC(c1ccccc1)C(C=O)=C3Cl. The van der Waals surface area contributed by atoms with Crippen LogP contribution >= 0.6 is 11.6 Å². The zero-order valence-electron chi connectivity index (χ0n) is 13.3. The van der Waals surface area contributed by atoms with Gasteiger partial charge in [-0.3, -0.25) is 4.79 Å². The molecule has 1 aliphatic rings. The lowest BCUT2D eigenvalue weighted by Crippen LogP contribution is -2.17. The molecule has 4 rings (SSSR count). The fourth-order valence-corrected chi connectivity index (χ4v) is 3.43. The number of carbonyl (C=O) groups is 1. The molecule has 1 unspecified atom stereocenters. The lowest BCUT2D eigenvalue weighted by atomic mass is 9.95. The molecule has 0 N–H and O–H groups in total. The topological polar surface area (TPSA) is 56.5 Å². The maximum absolute atomic E-state index is 11.8. The van der Waals surface area contributed by atoms with E-state index in [1.807, 2.05) is 43.3 Å². The second-order valence-corrected chi connectivity index (χ2v) is 6.24. The lowest BCUT2D eigenvalue weighted by molar-refractivity contribution is -0.105. The molecule has 1 atom stereocenters. The van der Waals surface area contributed by atoms with Gasteiger partial charge < -0.3 is 9.15 Å². The van der Waals surface area contributed by atoms with E-state index >= 15 is 0 Å². The molecule has 0 aliphatic carbocycles. The molecule has 25 heavy (non-hydrogen) atoms. The third-order valence-electron chi connectivity index (χ3n) is 4.31. The van der Waals surface area contributed by atoms with Crippen LogP contribution in [0.15, 0.2) is 63.3 Å². The maximum atomic E-state index is 11.8. The first-order chi connectivity index (χ1) is 12.1. The fraction of sp³-hybridized carbons (Fsp3) is 0.100. The summed E-state index contributed by atoms with van der Waals surface area (Å²) >= 11 is 6.55. The summed E-state index contributed by atoms with van der Waals surface area (Å²) in [5.41, 5.74) is 2.20. The Hall–Kier alpha value is -2.85. The predicted octanol–water partition coefficient (Wildman–Crippen LogP) is 4.38. The number of hydrogen-bond donors (Lipinski definition) is 0. The summed E-state index contributed by atoms with van der Waals surface area (Å²) in [4.78, 5) is 23.5. The van der Waals surface area contributed by atoms with Crippen molar-refractivity contribution in [2.45, 2.75) is 13.0 Å². The number of benzene rings is 2. The second-order valence-electron chi connectivity index (χ2n) is 5.86. The van der Waals surface area contributed by atoms with Crippen LogP contribution in [-0.4, -0.2) is 6.29 Å². The summed E-state index contributed by atoms with van der Waals surface area (Å²) in [6, 6.07) is 14.4. The predicted molar refractivity (Wildman–Crippen MR) is 95.9 cm³/mol. The molecule has 0 radical (unpaired) electrons. The average Bonchev–Trinajstić information content (AvgIpc) is 2.61. The molecule has 0 bridgehead atoms. The van der Waals surface area contributed by atoms with E-state index in [1.165, 1.54) is 6.07 Å². The zero-order valence-corrected chi connectivity index (χ0v) is 14.0. The molecule has 0 amide bonds. The Morgan fingerprint density at radius 3 is 2.60 bits per heavy atom. The summed E-state index contributed by atoms with van der Waals surface area (Å²) < 4.78 is 11.4. The van der Waals surface area contributed by atoms with Gasteiger partial charge in [-0.1, -0.05) is 41.9 Å². The van der Waals surface area contributed by atoms with Crippen molar-refractivity contribution in [2.75, 3.05) is 0 Å². The van der Waals surface area contributed by atoms with Crippen LogP contribution in [0.3, 0.4) is 0 Å². The summed E-state index contributed by atoms with van der Waals surface area (Å²) in [6.07, 6.45) is 0.0862. The first-order valence-electron chi connectivity index (χ1n) is 7.74. The van der Waals surface area contributed by atoms with Gasteiger partial charge in [-0.25, -0.2) is 4.79 Å². The molecule has 1 aliphatic heterocycles. The summed E-state index contributed by atoms with van der Waals surface area (Å²) in [6.45, 7) is 1.82. The Morgan fingerprint density at radius 2 is 1.88 bits per heavy atom. The minimum absolute atomic E-state index is 0.240. The van der Waals surface area contributed by atoms with Gasteiger partial charge in [0.05, 0.1) is 16.2 Å². The highest BCUT2D eigenvalue weighted by atomic mass is 35.5. The summed E-state index contributed by atoms with van der Waals surface area (Å²) in [7, 11) is 0. The van der Waals surface area contributed by atoms with Gasteiger partial charge in [0.1, 0.15) is 5.75 Å². The molecule has 2 aromatic carbocycles. The lowest BCUT2D eigenvalue weighted by Gasteiger charge is -2.27. The van der Waals surface area contributed by atoms with Crippen LogP contribution in [0.2, 0.25) is 0 Å². The number of halogens is 1. The van der Waals surface area contributed by atoms with Crippen LogP contribution in [0.25, 0.3) is 16.0 Å². The van der Waals surface area contributed by atoms with Gasteiger partial charge in [-0.05, 0) is 30.2 Å². The molecule has 124 valence electrons. The van der Waals surface area contributed by atoms with E-state index in [4.69, 9.17) is 20.8 Å². The third-order valence-corrected chi connectivity index (χ3v) is 4.72. The first kappa shape index (κ1) is 15.7. The Kier molecular flexibility index (Phi) is 3.70. The van der Waals surface area contributed by atoms with Crippen molar-refractivity contribution in [1.29, 1.82) is 0 Å². The van der Waals surface area contributed by atoms with Gasteiger partial charge in [0.25, 0.3) is 0 Å². The van der Waals surface area contributed by atoms with E-state index in [0.29, 0.717) is 28.8 Å². The Bertz CT molecular complexity index is 1080. The van der Waals surface area contributed by atoms with Crippen LogP contribution in [0.5, 0.6) is 5.75 Å². The highest BCUT2D eigenvalue weighted by Crippen LogP contribution is 2.46. The molecule has 5 heteroatoms. The number of carbonyl (C=O) groups excluding carboxylic acids is 1.